The largest absolute Gasteiger partial charge is 0.385 e. The molecule has 0 rings (SSSR count). The van der Waals surface area contributed by atoms with Crippen LogP contribution in [0.2, 0.25) is 0 Å². The number of nitrogens with one attached hydrogen (secondary N) is 1. The second kappa shape index (κ2) is 7.67. The highest BCUT2D eigenvalue weighted by atomic mass is 16.5. The van der Waals surface area contributed by atoms with Crippen LogP contribution < -0.4 is 11.1 Å². The summed E-state index contributed by atoms with van der Waals surface area (Å²) in [5, 5.41) is 2.93. The lowest BCUT2D eigenvalue weighted by Gasteiger charge is -2.23. The molecule has 102 valence electrons. The maximum Gasteiger partial charge on any atom is 0.221 e. The first-order chi connectivity index (χ1) is 7.74. The predicted molar refractivity (Wildman–Crippen MR) is 70.8 cm³/mol. The minimum atomic E-state index is -0.0652. The molecule has 17 heavy (non-hydrogen) atoms. The van der Waals surface area contributed by atoms with Crippen LogP contribution in [0.1, 0.15) is 47.0 Å². The maximum atomic E-state index is 11.7. The number of amides is 1. The molecule has 0 fully saturated rings. The number of rotatable bonds is 7. The summed E-state index contributed by atoms with van der Waals surface area (Å²) >= 11 is 0. The van der Waals surface area contributed by atoms with Crippen molar-refractivity contribution in [2.75, 3.05) is 13.7 Å². The van der Waals surface area contributed by atoms with E-state index in [1.54, 1.807) is 7.11 Å². The van der Waals surface area contributed by atoms with Crippen LogP contribution in [0.3, 0.4) is 0 Å². The molecule has 4 heteroatoms. The van der Waals surface area contributed by atoms with Gasteiger partial charge in [0.1, 0.15) is 0 Å². The molecule has 0 aromatic heterocycles. The van der Waals surface area contributed by atoms with Crippen molar-refractivity contribution in [2.45, 2.75) is 59.0 Å². The topological polar surface area (TPSA) is 64.3 Å². The number of ether oxygens (including phenoxy) is 1. The van der Waals surface area contributed by atoms with Gasteiger partial charge >= 0.3 is 0 Å². The van der Waals surface area contributed by atoms with E-state index in [0.717, 1.165) is 12.8 Å². The monoisotopic (exact) mass is 244 g/mol. The summed E-state index contributed by atoms with van der Waals surface area (Å²) in [6, 6.07) is 0.0777. The predicted octanol–water partition coefficient (Wildman–Crippen LogP) is 1.68. The molecule has 3 N–H and O–H groups in total. The van der Waals surface area contributed by atoms with Crippen LogP contribution in [-0.4, -0.2) is 31.7 Å². The minimum Gasteiger partial charge on any atom is -0.385 e. The zero-order valence-electron chi connectivity index (χ0n) is 11.9. The molecule has 0 radical (unpaired) electrons. The summed E-state index contributed by atoms with van der Waals surface area (Å²) in [6.07, 6.45) is 2.08. The highest BCUT2D eigenvalue weighted by Gasteiger charge is 2.18. The Morgan fingerprint density at radius 3 is 2.47 bits per heavy atom. The molecule has 0 spiro atoms. The Morgan fingerprint density at radius 2 is 2.00 bits per heavy atom. The zero-order chi connectivity index (χ0) is 13.5. The molecule has 0 aliphatic rings. The smallest absolute Gasteiger partial charge is 0.221 e. The van der Waals surface area contributed by atoms with Gasteiger partial charge in [0.2, 0.25) is 5.91 Å². The van der Waals surface area contributed by atoms with E-state index in [9.17, 15) is 4.79 Å². The Balaban J connectivity index is 3.85. The van der Waals surface area contributed by atoms with Crippen molar-refractivity contribution in [3.8, 4) is 0 Å². The van der Waals surface area contributed by atoms with E-state index in [-0.39, 0.29) is 23.4 Å². The highest BCUT2D eigenvalue weighted by Crippen LogP contribution is 2.20. The summed E-state index contributed by atoms with van der Waals surface area (Å²) in [6.45, 7) is 9.03. The van der Waals surface area contributed by atoms with Gasteiger partial charge in [-0.3, -0.25) is 4.79 Å². The molecule has 2 atom stereocenters. The second-order valence-corrected chi connectivity index (χ2v) is 5.98. The molecule has 0 aromatic rings. The molecule has 0 aliphatic carbocycles. The van der Waals surface area contributed by atoms with E-state index in [0.29, 0.717) is 13.0 Å². The first kappa shape index (κ1) is 16.4. The molecule has 0 aromatic carbocycles. The Kier molecular flexibility index (Phi) is 7.39. The van der Waals surface area contributed by atoms with Gasteiger partial charge in [-0.25, -0.2) is 0 Å². The molecule has 0 bridgehead atoms. The Morgan fingerprint density at radius 1 is 1.41 bits per heavy atom. The van der Waals surface area contributed by atoms with Crippen LogP contribution in [0.25, 0.3) is 0 Å². The summed E-state index contributed by atoms with van der Waals surface area (Å²) in [4.78, 5) is 11.7. The van der Waals surface area contributed by atoms with Crippen LogP contribution in [0, 0.1) is 5.41 Å². The summed E-state index contributed by atoms with van der Waals surface area (Å²) in [5.41, 5.74) is 6.12. The maximum absolute atomic E-state index is 11.7. The molecule has 0 aliphatic heterocycles. The third-order valence-corrected chi connectivity index (χ3v) is 2.48. The Hall–Kier alpha value is -0.610. The summed E-state index contributed by atoms with van der Waals surface area (Å²) < 4.78 is 4.97. The van der Waals surface area contributed by atoms with E-state index in [2.05, 4.69) is 26.1 Å². The van der Waals surface area contributed by atoms with Gasteiger partial charge in [-0.15, -0.1) is 0 Å². The van der Waals surface area contributed by atoms with Gasteiger partial charge in [0.05, 0.1) is 0 Å². The first-order valence-corrected chi connectivity index (χ1v) is 6.28. The molecular weight excluding hydrogens is 216 g/mol. The lowest BCUT2D eigenvalue weighted by atomic mass is 9.87. The van der Waals surface area contributed by atoms with Gasteiger partial charge in [0, 0.05) is 32.2 Å². The lowest BCUT2D eigenvalue weighted by molar-refractivity contribution is -0.122. The number of carbonyl (C=O) groups excluding carboxylic acids is 1. The average Bonchev–Trinajstić information content (AvgIpc) is 2.10. The molecule has 0 saturated carbocycles. The van der Waals surface area contributed by atoms with Gasteiger partial charge in [-0.2, -0.15) is 0 Å². The van der Waals surface area contributed by atoms with E-state index < -0.39 is 0 Å². The van der Waals surface area contributed by atoms with E-state index >= 15 is 0 Å². The van der Waals surface area contributed by atoms with Crippen LogP contribution in [-0.2, 0) is 9.53 Å². The van der Waals surface area contributed by atoms with Crippen LogP contribution >= 0.6 is 0 Å². The van der Waals surface area contributed by atoms with E-state index in [4.69, 9.17) is 10.5 Å². The normalized spacial score (nSPS) is 15.4. The van der Waals surface area contributed by atoms with Crippen LogP contribution in [0.4, 0.5) is 0 Å². The minimum absolute atomic E-state index is 0.0327. The number of nitrogens with two attached hydrogens (primary N) is 1. The fraction of sp³-hybridized carbons (Fsp3) is 0.923. The second-order valence-electron chi connectivity index (χ2n) is 5.98. The molecule has 2 unspecified atom stereocenters. The fourth-order valence-corrected chi connectivity index (χ4v) is 1.80. The molecular formula is C13H28N2O2. The van der Waals surface area contributed by atoms with Gasteiger partial charge in [0.25, 0.3) is 0 Å². The van der Waals surface area contributed by atoms with Crippen molar-refractivity contribution in [1.82, 2.24) is 5.32 Å². The zero-order valence-corrected chi connectivity index (χ0v) is 11.9. The van der Waals surface area contributed by atoms with Gasteiger partial charge in [-0.1, -0.05) is 20.8 Å². The average molecular weight is 244 g/mol. The molecule has 0 saturated heterocycles. The van der Waals surface area contributed by atoms with Crippen molar-refractivity contribution in [3.05, 3.63) is 0 Å². The van der Waals surface area contributed by atoms with Crippen LogP contribution in [0.15, 0.2) is 0 Å². The highest BCUT2D eigenvalue weighted by molar-refractivity contribution is 5.76. The SMILES string of the molecule is COCCC(C)NC(=O)CC(N)CC(C)(C)C. The quantitative estimate of drug-likeness (QED) is 0.716. The van der Waals surface area contributed by atoms with Crippen LogP contribution in [0.5, 0.6) is 0 Å². The number of hydrogen-bond acceptors (Lipinski definition) is 3. The third kappa shape index (κ3) is 10.3. The van der Waals surface area contributed by atoms with Crippen molar-refractivity contribution in [2.24, 2.45) is 11.1 Å². The van der Waals surface area contributed by atoms with Gasteiger partial charge in [-0.05, 0) is 25.2 Å². The molecule has 0 heterocycles. The number of carbonyl (C=O) groups is 1. The fourth-order valence-electron chi connectivity index (χ4n) is 1.80. The number of hydrogen-bond donors (Lipinski definition) is 2. The Labute approximate surface area is 105 Å². The van der Waals surface area contributed by atoms with Crippen molar-refractivity contribution in [1.29, 1.82) is 0 Å². The lowest BCUT2D eigenvalue weighted by Crippen LogP contribution is -2.38. The van der Waals surface area contributed by atoms with Gasteiger partial charge < -0.3 is 15.8 Å². The standard InChI is InChI=1S/C13H28N2O2/c1-10(6-7-17-5)15-12(16)8-11(14)9-13(2,3)4/h10-11H,6-9,14H2,1-5H3,(H,15,16). The van der Waals surface area contributed by atoms with Crippen molar-refractivity contribution in [3.63, 3.8) is 0 Å². The molecule has 1 amide bonds. The van der Waals surface area contributed by atoms with E-state index in [1.807, 2.05) is 6.92 Å². The Bertz CT molecular complexity index is 224. The molecule has 4 nitrogen and oxygen atoms in total. The third-order valence-electron chi connectivity index (χ3n) is 2.48. The van der Waals surface area contributed by atoms with Crippen molar-refractivity contribution < 1.29 is 9.53 Å². The van der Waals surface area contributed by atoms with Gasteiger partial charge in [0.15, 0.2) is 0 Å². The number of methoxy groups -OCH3 is 1. The summed E-state index contributed by atoms with van der Waals surface area (Å²) in [7, 11) is 1.66. The summed E-state index contributed by atoms with van der Waals surface area (Å²) in [5.74, 6) is 0.0327. The first-order valence-electron chi connectivity index (χ1n) is 6.28. The van der Waals surface area contributed by atoms with E-state index in [1.165, 1.54) is 0 Å². The van der Waals surface area contributed by atoms with Crippen molar-refractivity contribution >= 4 is 5.91 Å².